The molecular weight excluding hydrogens is 236 g/mol. The highest BCUT2D eigenvalue weighted by molar-refractivity contribution is 5.87. The summed E-state index contributed by atoms with van der Waals surface area (Å²) in [6.45, 7) is 2.06. The van der Waals surface area contributed by atoms with Gasteiger partial charge in [0.15, 0.2) is 0 Å². The highest BCUT2D eigenvalue weighted by Crippen LogP contribution is 2.03. The number of aliphatic hydroxyl groups excluding tert-OH is 1. The molecule has 1 atom stereocenters. The molecule has 6 heteroatoms. The lowest BCUT2D eigenvalue weighted by Gasteiger charge is -2.09. The van der Waals surface area contributed by atoms with E-state index in [1.807, 2.05) is 0 Å². The van der Waals surface area contributed by atoms with Crippen LogP contribution in [0.25, 0.3) is 0 Å². The second kappa shape index (κ2) is 6.61. The van der Waals surface area contributed by atoms with Crippen LogP contribution in [0.5, 0.6) is 0 Å². The van der Waals surface area contributed by atoms with Gasteiger partial charge in [0.05, 0.1) is 11.7 Å². The van der Waals surface area contributed by atoms with Crippen LogP contribution in [0.3, 0.4) is 0 Å². The topological polar surface area (TPSA) is 98.7 Å². The monoisotopic (exact) mass is 252 g/mol. The van der Waals surface area contributed by atoms with Crippen LogP contribution in [0, 0.1) is 0 Å². The first-order chi connectivity index (χ1) is 8.49. The first-order valence-electron chi connectivity index (χ1n) is 5.51. The van der Waals surface area contributed by atoms with Crippen LogP contribution in [0.15, 0.2) is 24.3 Å². The number of benzene rings is 1. The summed E-state index contributed by atoms with van der Waals surface area (Å²) in [6.07, 6.45) is -0.592. The van der Waals surface area contributed by atoms with Gasteiger partial charge in [0, 0.05) is 13.1 Å². The zero-order chi connectivity index (χ0) is 13.5. The Balaban J connectivity index is 2.39. The molecule has 0 unspecified atom stereocenters. The number of hydrogen-bond acceptors (Lipinski definition) is 3. The third-order valence-electron chi connectivity index (χ3n) is 2.21. The molecule has 0 aromatic heterocycles. The first-order valence-corrected chi connectivity index (χ1v) is 5.51. The summed E-state index contributed by atoms with van der Waals surface area (Å²) < 4.78 is 0. The van der Waals surface area contributed by atoms with E-state index in [9.17, 15) is 9.59 Å². The second-order valence-corrected chi connectivity index (χ2v) is 3.91. The van der Waals surface area contributed by atoms with Crippen molar-refractivity contribution in [3.8, 4) is 0 Å². The van der Waals surface area contributed by atoms with Gasteiger partial charge in [-0.25, -0.2) is 9.59 Å². The summed E-state index contributed by atoms with van der Waals surface area (Å²) >= 11 is 0. The van der Waals surface area contributed by atoms with E-state index in [-0.39, 0.29) is 18.1 Å². The molecule has 0 spiro atoms. The SMILES string of the molecule is C[C@@H](O)CNC(=O)NCc1ccc(C(=O)O)cc1. The van der Waals surface area contributed by atoms with Crippen molar-refractivity contribution in [2.45, 2.75) is 19.6 Å². The van der Waals surface area contributed by atoms with Crippen LogP contribution in [0.4, 0.5) is 4.79 Å². The minimum Gasteiger partial charge on any atom is -0.478 e. The van der Waals surface area contributed by atoms with E-state index >= 15 is 0 Å². The molecule has 4 N–H and O–H groups in total. The highest BCUT2D eigenvalue weighted by Gasteiger charge is 2.04. The van der Waals surface area contributed by atoms with Crippen molar-refractivity contribution >= 4 is 12.0 Å². The number of urea groups is 1. The summed E-state index contributed by atoms with van der Waals surface area (Å²) in [5.74, 6) is -0.982. The molecule has 1 rings (SSSR count). The maximum atomic E-state index is 11.3. The molecule has 0 aliphatic heterocycles. The number of amides is 2. The zero-order valence-electron chi connectivity index (χ0n) is 10.0. The largest absolute Gasteiger partial charge is 0.478 e. The van der Waals surface area contributed by atoms with E-state index in [0.29, 0.717) is 6.54 Å². The van der Waals surface area contributed by atoms with Gasteiger partial charge in [-0.05, 0) is 24.6 Å². The smallest absolute Gasteiger partial charge is 0.335 e. The summed E-state index contributed by atoms with van der Waals surface area (Å²) in [5.41, 5.74) is 1.00. The third kappa shape index (κ3) is 4.84. The van der Waals surface area contributed by atoms with Crippen molar-refractivity contribution in [1.82, 2.24) is 10.6 Å². The molecule has 0 bridgehead atoms. The predicted molar refractivity (Wildman–Crippen MR) is 65.3 cm³/mol. The fraction of sp³-hybridized carbons (Fsp3) is 0.333. The predicted octanol–water partition coefficient (Wildman–Crippen LogP) is 0.565. The molecule has 0 aliphatic carbocycles. The number of rotatable bonds is 5. The van der Waals surface area contributed by atoms with Gasteiger partial charge in [-0.15, -0.1) is 0 Å². The molecule has 18 heavy (non-hydrogen) atoms. The number of carbonyl (C=O) groups is 2. The Morgan fingerprint density at radius 2 is 1.83 bits per heavy atom. The lowest BCUT2D eigenvalue weighted by molar-refractivity contribution is 0.0697. The lowest BCUT2D eigenvalue weighted by atomic mass is 10.1. The van der Waals surface area contributed by atoms with Crippen molar-refractivity contribution in [2.24, 2.45) is 0 Å². The zero-order valence-corrected chi connectivity index (χ0v) is 10.0. The number of nitrogens with one attached hydrogen (secondary N) is 2. The van der Waals surface area contributed by atoms with Crippen LogP contribution < -0.4 is 10.6 Å². The highest BCUT2D eigenvalue weighted by atomic mass is 16.4. The second-order valence-electron chi connectivity index (χ2n) is 3.91. The van der Waals surface area contributed by atoms with Gasteiger partial charge in [-0.2, -0.15) is 0 Å². The van der Waals surface area contributed by atoms with E-state index in [1.54, 1.807) is 19.1 Å². The van der Waals surface area contributed by atoms with Crippen molar-refractivity contribution in [2.75, 3.05) is 6.54 Å². The van der Waals surface area contributed by atoms with Crippen molar-refractivity contribution in [1.29, 1.82) is 0 Å². The molecular formula is C12H16N2O4. The minimum atomic E-state index is -0.982. The first kappa shape index (κ1) is 14.0. The average molecular weight is 252 g/mol. The Hall–Kier alpha value is -2.08. The Kier molecular flexibility index (Phi) is 5.13. The van der Waals surface area contributed by atoms with Crippen molar-refractivity contribution in [3.05, 3.63) is 35.4 Å². The van der Waals surface area contributed by atoms with Crippen molar-refractivity contribution < 1.29 is 19.8 Å². The fourth-order valence-electron chi connectivity index (χ4n) is 1.25. The number of carbonyl (C=O) groups excluding carboxylic acids is 1. The summed E-state index contributed by atoms with van der Waals surface area (Å²) in [7, 11) is 0. The standard InChI is InChI=1S/C12H16N2O4/c1-8(15)6-13-12(18)14-7-9-2-4-10(5-3-9)11(16)17/h2-5,8,15H,6-7H2,1H3,(H,16,17)(H2,13,14,18)/t8-/m1/s1. The van der Waals surface area contributed by atoms with E-state index in [2.05, 4.69) is 10.6 Å². The molecule has 98 valence electrons. The molecule has 0 aliphatic rings. The van der Waals surface area contributed by atoms with E-state index < -0.39 is 12.1 Å². The number of hydrogen-bond donors (Lipinski definition) is 4. The molecule has 0 saturated heterocycles. The average Bonchev–Trinajstić information content (AvgIpc) is 2.34. The van der Waals surface area contributed by atoms with Crippen LogP contribution >= 0.6 is 0 Å². The van der Waals surface area contributed by atoms with E-state index in [1.165, 1.54) is 12.1 Å². The molecule has 0 heterocycles. The van der Waals surface area contributed by atoms with E-state index in [4.69, 9.17) is 10.2 Å². The number of carboxylic acid groups (broad SMARTS) is 1. The molecule has 1 aromatic rings. The summed E-state index contributed by atoms with van der Waals surface area (Å²) in [5, 5.41) is 22.8. The molecule has 1 aromatic carbocycles. The molecule has 2 amide bonds. The van der Waals surface area contributed by atoms with Gasteiger partial charge in [0.1, 0.15) is 0 Å². The minimum absolute atomic E-state index is 0.184. The Labute approximate surface area is 105 Å². The van der Waals surface area contributed by atoms with Gasteiger partial charge in [-0.1, -0.05) is 12.1 Å². The summed E-state index contributed by atoms with van der Waals surface area (Å²) in [4.78, 5) is 21.9. The maximum absolute atomic E-state index is 11.3. The lowest BCUT2D eigenvalue weighted by Crippen LogP contribution is -2.38. The number of aliphatic hydroxyl groups is 1. The number of carboxylic acids is 1. The van der Waals surface area contributed by atoms with E-state index in [0.717, 1.165) is 5.56 Å². The normalized spacial score (nSPS) is 11.7. The Bertz CT molecular complexity index is 415. The molecule has 0 saturated carbocycles. The van der Waals surface area contributed by atoms with Crippen LogP contribution in [0.1, 0.15) is 22.8 Å². The molecule has 6 nitrogen and oxygen atoms in total. The quantitative estimate of drug-likeness (QED) is 0.615. The fourth-order valence-corrected chi connectivity index (χ4v) is 1.25. The van der Waals surface area contributed by atoms with Gasteiger partial charge >= 0.3 is 12.0 Å². The van der Waals surface area contributed by atoms with Crippen LogP contribution in [0.2, 0.25) is 0 Å². The van der Waals surface area contributed by atoms with Gasteiger partial charge in [-0.3, -0.25) is 0 Å². The third-order valence-corrected chi connectivity index (χ3v) is 2.21. The van der Waals surface area contributed by atoms with Crippen molar-refractivity contribution in [3.63, 3.8) is 0 Å². The molecule has 0 radical (unpaired) electrons. The Morgan fingerprint density at radius 3 is 2.33 bits per heavy atom. The Morgan fingerprint density at radius 1 is 1.22 bits per heavy atom. The summed E-state index contributed by atoms with van der Waals surface area (Å²) in [6, 6.07) is 5.86. The van der Waals surface area contributed by atoms with Crippen LogP contribution in [-0.2, 0) is 6.54 Å². The molecule has 0 fully saturated rings. The van der Waals surface area contributed by atoms with Crippen LogP contribution in [-0.4, -0.2) is 34.9 Å². The van der Waals surface area contributed by atoms with Gasteiger partial charge < -0.3 is 20.8 Å². The van der Waals surface area contributed by atoms with Gasteiger partial charge in [0.2, 0.25) is 0 Å². The number of aromatic carboxylic acids is 1. The maximum Gasteiger partial charge on any atom is 0.335 e. The van der Waals surface area contributed by atoms with Gasteiger partial charge in [0.25, 0.3) is 0 Å².